The lowest BCUT2D eigenvalue weighted by Gasteiger charge is -2.39. The number of piperidine rings is 1. The first kappa shape index (κ1) is 11.5. The monoisotopic (exact) mass is 220 g/mol. The van der Waals surface area contributed by atoms with Crippen LogP contribution in [0.15, 0.2) is 0 Å². The molecule has 0 radical (unpaired) electrons. The molecule has 3 nitrogen and oxygen atoms in total. The van der Waals surface area contributed by atoms with Crippen molar-refractivity contribution in [2.75, 3.05) is 13.1 Å². The van der Waals surface area contributed by atoms with Gasteiger partial charge in [-0.2, -0.15) is 0 Å². The Morgan fingerprint density at radius 1 is 1.38 bits per heavy atom. The van der Waals surface area contributed by atoms with E-state index in [1.807, 2.05) is 4.90 Å². The number of amides is 1. The van der Waals surface area contributed by atoms with E-state index >= 15 is 0 Å². The highest BCUT2D eigenvalue weighted by molar-refractivity contribution is 5.79. The SMILES string of the molecule is C#CCC(=O)N1CCCCC1C1CCCN1. The van der Waals surface area contributed by atoms with E-state index in [0.29, 0.717) is 12.1 Å². The zero-order valence-corrected chi connectivity index (χ0v) is 9.74. The first-order chi connectivity index (χ1) is 7.83. The summed E-state index contributed by atoms with van der Waals surface area (Å²) in [6.07, 6.45) is 11.4. The molecule has 0 spiro atoms. The molecule has 1 N–H and O–H groups in total. The van der Waals surface area contributed by atoms with Crippen LogP contribution in [0.2, 0.25) is 0 Å². The number of hydrogen-bond acceptors (Lipinski definition) is 2. The Kier molecular flexibility index (Phi) is 3.84. The van der Waals surface area contributed by atoms with E-state index in [1.165, 1.54) is 19.3 Å². The number of carbonyl (C=O) groups excluding carboxylic acids is 1. The second kappa shape index (κ2) is 5.36. The van der Waals surface area contributed by atoms with Gasteiger partial charge in [0.25, 0.3) is 0 Å². The summed E-state index contributed by atoms with van der Waals surface area (Å²) in [6, 6.07) is 0.888. The Bertz CT molecular complexity index is 289. The van der Waals surface area contributed by atoms with Crippen molar-refractivity contribution in [3.8, 4) is 12.3 Å². The van der Waals surface area contributed by atoms with Gasteiger partial charge < -0.3 is 10.2 Å². The summed E-state index contributed by atoms with van der Waals surface area (Å²) in [5, 5.41) is 3.51. The normalized spacial score (nSPS) is 30.1. The molecule has 2 unspecified atom stereocenters. The number of likely N-dealkylation sites (tertiary alicyclic amines) is 1. The zero-order valence-electron chi connectivity index (χ0n) is 9.74. The van der Waals surface area contributed by atoms with Crippen molar-refractivity contribution in [2.45, 2.75) is 50.6 Å². The standard InChI is InChI=1S/C13H20N2O/c1-2-6-13(16)15-10-4-3-8-12(15)11-7-5-9-14-11/h1,11-12,14H,3-10H2. The lowest BCUT2D eigenvalue weighted by molar-refractivity contribution is -0.134. The van der Waals surface area contributed by atoms with Gasteiger partial charge in [0.05, 0.1) is 6.42 Å². The van der Waals surface area contributed by atoms with E-state index in [9.17, 15) is 4.79 Å². The lowest BCUT2D eigenvalue weighted by Crippen LogP contribution is -2.52. The molecule has 88 valence electrons. The molecule has 2 fully saturated rings. The molecule has 0 bridgehead atoms. The Balaban J connectivity index is 2.01. The Labute approximate surface area is 97.6 Å². The highest BCUT2D eigenvalue weighted by atomic mass is 16.2. The molecule has 0 aromatic heterocycles. The van der Waals surface area contributed by atoms with Crippen molar-refractivity contribution in [2.24, 2.45) is 0 Å². The predicted molar refractivity (Wildman–Crippen MR) is 63.8 cm³/mol. The summed E-state index contributed by atoms with van der Waals surface area (Å²) >= 11 is 0. The summed E-state index contributed by atoms with van der Waals surface area (Å²) in [7, 11) is 0. The van der Waals surface area contributed by atoms with Gasteiger partial charge in [0.1, 0.15) is 0 Å². The van der Waals surface area contributed by atoms with E-state index < -0.39 is 0 Å². The van der Waals surface area contributed by atoms with Gasteiger partial charge in [-0.05, 0) is 38.6 Å². The number of hydrogen-bond donors (Lipinski definition) is 1. The van der Waals surface area contributed by atoms with Crippen LogP contribution in [0.3, 0.4) is 0 Å². The van der Waals surface area contributed by atoms with Crippen LogP contribution in [0.5, 0.6) is 0 Å². The average Bonchev–Trinajstić information content (AvgIpc) is 2.83. The van der Waals surface area contributed by atoms with Gasteiger partial charge in [-0.1, -0.05) is 5.92 Å². The van der Waals surface area contributed by atoms with E-state index in [1.54, 1.807) is 0 Å². The summed E-state index contributed by atoms with van der Waals surface area (Å²) < 4.78 is 0. The minimum atomic E-state index is 0.140. The highest BCUT2D eigenvalue weighted by Crippen LogP contribution is 2.24. The lowest BCUT2D eigenvalue weighted by atomic mass is 9.94. The summed E-state index contributed by atoms with van der Waals surface area (Å²) in [5.74, 6) is 2.60. The largest absolute Gasteiger partial charge is 0.337 e. The van der Waals surface area contributed by atoms with Gasteiger partial charge in [-0.15, -0.1) is 6.42 Å². The molecule has 2 heterocycles. The molecule has 0 aromatic carbocycles. The van der Waals surface area contributed by atoms with Gasteiger partial charge in [-0.25, -0.2) is 0 Å². The van der Waals surface area contributed by atoms with Crippen LogP contribution in [-0.2, 0) is 4.79 Å². The molecule has 0 aliphatic carbocycles. The van der Waals surface area contributed by atoms with Crippen molar-refractivity contribution in [3.05, 3.63) is 0 Å². The fourth-order valence-electron chi connectivity index (χ4n) is 2.91. The van der Waals surface area contributed by atoms with Crippen molar-refractivity contribution >= 4 is 5.91 Å². The fourth-order valence-corrected chi connectivity index (χ4v) is 2.91. The molecule has 2 saturated heterocycles. The molecule has 3 heteroatoms. The molecule has 1 amide bonds. The van der Waals surface area contributed by atoms with E-state index in [2.05, 4.69) is 11.2 Å². The third kappa shape index (κ3) is 2.38. The van der Waals surface area contributed by atoms with Crippen LogP contribution in [0, 0.1) is 12.3 Å². The van der Waals surface area contributed by atoms with E-state index in [4.69, 9.17) is 6.42 Å². The van der Waals surface area contributed by atoms with Crippen molar-refractivity contribution in [3.63, 3.8) is 0 Å². The van der Waals surface area contributed by atoms with Crippen LogP contribution in [0.1, 0.15) is 38.5 Å². The van der Waals surface area contributed by atoms with Crippen LogP contribution in [0.25, 0.3) is 0 Å². The number of carbonyl (C=O) groups is 1. The first-order valence-electron chi connectivity index (χ1n) is 6.29. The average molecular weight is 220 g/mol. The number of nitrogens with one attached hydrogen (secondary N) is 1. The van der Waals surface area contributed by atoms with E-state index in [-0.39, 0.29) is 12.3 Å². The summed E-state index contributed by atoms with van der Waals surface area (Å²) in [5.41, 5.74) is 0. The minimum Gasteiger partial charge on any atom is -0.337 e. The summed E-state index contributed by atoms with van der Waals surface area (Å²) in [4.78, 5) is 13.9. The second-order valence-corrected chi connectivity index (χ2v) is 4.73. The number of nitrogens with zero attached hydrogens (tertiary/aromatic N) is 1. The molecule has 2 aliphatic rings. The Morgan fingerprint density at radius 2 is 2.25 bits per heavy atom. The van der Waals surface area contributed by atoms with Gasteiger partial charge in [-0.3, -0.25) is 4.79 Å². The van der Waals surface area contributed by atoms with Crippen LogP contribution in [0.4, 0.5) is 0 Å². The maximum atomic E-state index is 11.9. The Hall–Kier alpha value is -1.01. The van der Waals surface area contributed by atoms with Crippen LogP contribution < -0.4 is 5.32 Å². The van der Waals surface area contributed by atoms with Crippen molar-refractivity contribution in [1.82, 2.24) is 10.2 Å². The van der Waals surface area contributed by atoms with Gasteiger partial charge >= 0.3 is 0 Å². The van der Waals surface area contributed by atoms with Crippen LogP contribution >= 0.6 is 0 Å². The highest BCUT2D eigenvalue weighted by Gasteiger charge is 2.33. The Morgan fingerprint density at radius 3 is 2.94 bits per heavy atom. The second-order valence-electron chi connectivity index (χ2n) is 4.73. The quantitative estimate of drug-likeness (QED) is 0.708. The fraction of sp³-hybridized carbons (Fsp3) is 0.769. The minimum absolute atomic E-state index is 0.140. The van der Waals surface area contributed by atoms with Crippen molar-refractivity contribution in [1.29, 1.82) is 0 Å². The van der Waals surface area contributed by atoms with Gasteiger partial charge in [0.15, 0.2) is 0 Å². The van der Waals surface area contributed by atoms with Crippen LogP contribution in [-0.4, -0.2) is 36.0 Å². The number of terminal acetylenes is 1. The number of rotatable bonds is 2. The third-order valence-electron chi connectivity index (χ3n) is 3.69. The zero-order chi connectivity index (χ0) is 11.4. The summed E-state index contributed by atoms with van der Waals surface area (Å²) in [6.45, 7) is 1.99. The molecule has 0 aromatic rings. The molecule has 2 aliphatic heterocycles. The maximum absolute atomic E-state index is 11.9. The van der Waals surface area contributed by atoms with Gasteiger partial charge in [0, 0.05) is 18.6 Å². The van der Waals surface area contributed by atoms with Gasteiger partial charge in [0.2, 0.25) is 5.91 Å². The molecule has 2 atom stereocenters. The first-order valence-corrected chi connectivity index (χ1v) is 6.29. The maximum Gasteiger partial charge on any atom is 0.234 e. The third-order valence-corrected chi connectivity index (χ3v) is 3.69. The molecule has 0 saturated carbocycles. The molecule has 2 rings (SSSR count). The smallest absolute Gasteiger partial charge is 0.234 e. The van der Waals surface area contributed by atoms with Crippen molar-refractivity contribution < 1.29 is 4.79 Å². The molecular weight excluding hydrogens is 200 g/mol. The molecular formula is C13H20N2O. The van der Waals surface area contributed by atoms with E-state index in [0.717, 1.165) is 25.9 Å². The topological polar surface area (TPSA) is 32.3 Å². The predicted octanol–water partition coefficient (Wildman–Crippen LogP) is 1.14. The molecule has 16 heavy (non-hydrogen) atoms.